The van der Waals surface area contributed by atoms with Crippen molar-refractivity contribution in [3.8, 4) is 6.07 Å². The minimum absolute atomic E-state index is 0.160. The summed E-state index contributed by atoms with van der Waals surface area (Å²) >= 11 is 0. The van der Waals surface area contributed by atoms with Crippen LogP contribution in [0.3, 0.4) is 0 Å². The highest BCUT2D eigenvalue weighted by Gasteiger charge is 2.18. The van der Waals surface area contributed by atoms with Crippen molar-refractivity contribution in [2.45, 2.75) is 38.5 Å². The molecule has 0 saturated carbocycles. The molecule has 0 fully saturated rings. The summed E-state index contributed by atoms with van der Waals surface area (Å²) in [4.78, 5) is 0. The van der Waals surface area contributed by atoms with Gasteiger partial charge in [0, 0.05) is 12.1 Å². The fourth-order valence-electron chi connectivity index (χ4n) is 1.36. The molecule has 0 aliphatic rings. The second-order valence-corrected chi connectivity index (χ2v) is 5.53. The van der Waals surface area contributed by atoms with Crippen LogP contribution in [0.2, 0.25) is 0 Å². The molecule has 1 atom stereocenters. The first-order valence-corrected chi connectivity index (χ1v) is 6.91. The van der Waals surface area contributed by atoms with Crippen molar-refractivity contribution in [1.29, 1.82) is 5.26 Å². The molecule has 0 aliphatic carbocycles. The standard InChI is InChI=1S/C10H15N3O3S/c1-3-9(4-5-11)13-17(14,15)7-10-6-8(2)16-12-10/h6,9,13H,3-4,7H2,1-2H3. The lowest BCUT2D eigenvalue weighted by Gasteiger charge is -2.12. The summed E-state index contributed by atoms with van der Waals surface area (Å²) < 4.78 is 30.8. The van der Waals surface area contributed by atoms with Crippen LogP contribution in [0.25, 0.3) is 0 Å². The summed E-state index contributed by atoms with van der Waals surface area (Å²) in [6, 6.07) is 3.17. The second kappa shape index (κ2) is 5.80. The summed E-state index contributed by atoms with van der Waals surface area (Å²) in [6.45, 7) is 3.52. The Morgan fingerprint density at radius 3 is 2.82 bits per heavy atom. The van der Waals surface area contributed by atoms with Gasteiger partial charge >= 0.3 is 0 Å². The third-order valence-electron chi connectivity index (χ3n) is 2.19. The van der Waals surface area contributed by atoms with Crippen LogP contribution in [0.15, 0.2) is 10.6 Å². The Bertz CT molecular complexity index is 501. The van der Waals surface area contributed by atoms with Gasteiger partial charge in [0.25, 0.3) is 0 Å². The van der Waals surface area contributed by atoms with E-state index in [1.807, 2.05) is 13.0 Å². The molecule has 0 amide bonds. The van der Waals surface area contributed by atoms with Gasteiger partial charge in [-0.05, 0) is 13.3 Å². The average Bonchev–Trinajstić information content (AvgIpc) is 2.62. The highest BCUT2D eigenvalue weighted by molar-refractivity contribution is 7.88. The van der Waals surface area contributed by atoms with Crippen LogP contribution >= 0.6 is 0 Å². The Balaban J connectivity index is 2.66. The monoisotopic (exact) mass is 257 g/mol. The number of rotatable bonds is 6. The molecule has 6 nitrogen and oxygen atoms in total. The van der Waals surface area contributed by atoms with Crippen molar-refractivity contribution >= 4 is 10.0 Å². The summed E-state index contributed by atoms with van der Waals surface area (Å²) in [7, 11) is -3.48. The van der Waals surface area contributed by atoms with Crippen molar-refractivity contribution in [1.82, 2.24) is 9.88 Å². The van der Waals surface area contributed by atoms with E-state index < -0.39 is 10.0 Å². The lowest BCUT2D eigenvalue weighted by atomic mass is 10.2. The van der Waals surface area contributed by atoms with Crippen LogP contribution in [0.4, 0.5) is 0 Å². The minimum atomic E-state index is -3.48. The van der Waals surface area contributed by atoms with Crippen LogP contribution in [-0.4, -0.2) is 19.6 Å². The summed E-state index contributed by atoms with van der Waals surface area (Å²) in [5.74, 6) is 0.339. The summed E-state index contributed by atoms with van der Waals surface area (Å²) in [5.41, 5.74) is 0.363. The molecule has 0 radical (unpaired) electrons. The summed E-state index contributed by atoms with van der Waals surface area (Å²) in [5, 5.41) is 12.2. The lowest BCUT2D eigenvalue weighted by Crippen LogP contribution is -2.35. The molecule has 0 aliphatic heterocycles. The van der Waals surface area contributed by atoms with Gasteiger partial charge in [-0.25, -0.2) is 13.1 Å². The third kappa shape index (κ3) is 4.54. The number of aryl methyl sites for hydroxylation is 1. The molecule has 1 heterocycles. The van der Waals surface area contributed by atoms with Gasteiger partial charge in [0.1, 0.15) is 17.2 Å². The van der Waals surface area contributed by atoms with Crippen LogP contribution < -0.4 is 4.72 Å². The number of hydrogen-bond acceptors (Lipinski definition) is 5. The first-order valence-electron chi connectivity index (χ1n) is 5.26. The van der Waals surface area contributed by atoms with E-state index in [1.54, 1.807) is 13.0 Å². The van der Waals surface area contributed by atoms with Gasteiger partial charge in [0.15, 0.2) is 0 Å². The maximum absolute atomic E-state index is 11.8. The maximum Gasteiger partial charge on any atom is 0.217 e. The van der Waals surface area contributed by atoms with E-state index in [9.17, 15) is 8.42 Å². The number of aromatic nitrogens is 1. The van der Waals surface area contributed by atoms with Gasteiger partial charge in [-0.15, -0.1) is 0 Å². The first kappa shape index (κ1) is 13.7. The first-order chi connectivity index (χ1) is 7.96. The average molecular weight is 257 g/mol. The molecular weight excluding hydrogens is 242 g/mol. The zero-order valence-corrected chi connectivity index (χ0v) is 10.6. The molecule has 1 unspecified atom stereocenters. The van der Waals surface area contributed by atoms with Gasteiger partial charge in [-0.3, -0.25) is 0 Å². The molecule has 1 aromatic rings. The Hall–Kier alpha value is -1.39. The van der Waals surface area contributed by atoms with Crippen LogP contribution in [0.1, 0.15) is 31.2 Å². The Morgan fingerprint density at radius 2 is 2.35 bits per heavy atom. The fraction of sp³-hybridized carbons (Fsp3) is 0.600. The van der Waals surface area contributed by atoms with Gasteiger partial charge in [0.05, 0.1) is 12.5 Å². The van der Waals surface area contributed by atoms with E-state index in [1.165, 1.54) is 0 Å². The van der Waals surface area contributed by atoms with Gasteiger partial charge < -0.3 is 4.52 Å². The van der Waals surface area contributed by atoms with Crippen LogP contribution in [0, 0.1) is 18.3 Å². The third-order valence-corrected chi connectivity index (χ3v) is 3.56. The zero-order valence-electron chi connectivity index (χ0n) is 9.80. The van der Waals surface area contributed by atoms with Crippen LogP contribution in [-0.2, 0) is 15.8 Å². The normalized spacial score (nSPS) is 13.2. The molecule has 7 heteroatoms. The Labute approximate surface area is 101 Å². The van der Waals surface area contributed by atoms with E-state index in [2.05, 4.69) is 9.88 Å². The smallest absolute Gasteiger partial charge is 0.217 e. The number of nitriles is 1. The van der Waals surface area contributed by atoms with Crippen molar-refractivity contribution in [2.24, 2.45) is 0 Å². The molecule has 1 N–H and O–H groups in total. The van der Waals surface area contributed by atoms with Crippen LogP contribution in [0.5, 0.6) is 0 Å². The number of hydrogen-bond donors (Lipinski definition) is 1. The largest absolute Gasteiger partial charge is 0.361 e. The van der Waals surface area contributed by atoms with E-state index in [-0.39, 0.29) is 18.2 Å². The minimum Gasteiger partial charge on any atom is -0.361 e. The molecule has 17 heavy (non-hydrogen) atoms. The molecule has 0 spiro atoms. The van der Waals surface area contributed by atoms with Gasteiger partial charge in [-0.1, -0.05) is 12.1 Å². The SMILES string of the molecule is CCC(CC#N)NS(=O)(=O)Cc1cc(C)on1. The van der Waals surface area contributed by atoms with E-state index in [0.717, 1.165) is 0 Å². The highest BCUT2D eigenvalue weighted by atomic mass is 32.2. The second-order valence-electron chi connectivity index (χ2n) is 3.77. The molecule has 0 aromatic carbocycles. The number of nitrogens with zero attached hydrogens (tertiary/aromatic N) is 2. The molecule has 1 aromatic heterocycles. The quantitative estimate of drug-likeness (QED) is 0.823. The van der Waals surface area contributed by atoms with E-state index >= 15 is 0 Å². The molecular formula is C10H15N3O3S. The number of sulfonamides is 1. The Kier molecular flexibility index (Phi) is 4.66. The summed E-state index contributed by atoms with van der Waals surface area (Å²) in [6.07, 6.45) is 0.734. The lowest BCUT2D eigenvalue weighted by molar-refractivity contribution is 0.392. The molecule has 1 rings (SSSR count). The predicted octanol–water partition coefficient (Wildman–Crippen LogP) is 1.09. The van der Waals surface area contributed by atoms with E-state index in [4.69, 9.17) is 9.78 Å². The number of nitrogens with one attached hydrogen (secondary N) is 1. The molecule has 0 saturated heterocycles. The maximum atomic E-state index is 11.8. The van der Waals surface area contributed by atoms with Crippen molar-refractivity contribution in [3.63, 3.8) is 0 Å². The zero-order chi connectivity index (χ0) is 12.9. The fourth-order valence-corrected chi connectivity index (χ4v) is 2.72. The topological polar surface area (TPSA) is 96.0 Å². The van der Waals surface area contributed by atoms with Gasteiger partial charge in [-0.2, -0.15) is 5.26 Å². The predicted molar refractivity (Wildman–Crippen MR) is 61.3 cm³/mol. The highest BCUT2D eigenvalue weighted by Crippen LogP contribution is 2.07. The molecule has 0 bridgehead atoms. The molecule has 94 valence electrons. The Morgan fingerprint density at radius 1 is 1.65 bits per heavy atom. The van der Waals surface area contributed by atoms with E-state index in [0.29, 0.717) is 17.9 Å². The van der Waals surface area contributed by atoms with Crippen molar-refractivity contribution < 1.29 is 12.9 Å². The van der Waals surface area contributed by atoms with Crippen molar-refractivity contribution in [3.05, 3.63) is 17.5 Å². The van der Waals surface area contributed by atoms with Gasteiger partial charge in [0.2, 0.25) is 10.0 Å². The van der Waals surface area contributed by atoms with Crippen molar-refractivity contribution in [2.75, 3.05) is 0 Å².